The standard InChI is InChI=1S/C16H19N3O/c20-16(15-7-2-1-3-8-15)19-11-5-10-18-13-14-6-4-9-17-12-14/h1-4,6-9,12,18H,5,10-11,13H2,(H,19,20). The third-order valence-electron chi connectivity index (χ3n) is 2.90. The topological polar surface area (TPSA) is 54.0 Å². The van der Waals surface area contributed by atoms with E-state index in [2.05, 4.69) is 15.6 Å². The molecule has 0 saturated carbocycles. The highest BCUT2D eigenvalue weighted by Gasteiger charge is 2.02. The highest BCUT2D eigenvalue weighted by atomic mass is 16.1. The lowest BCUT2D eigenvalue weighted by Crippen LogP contribution is -2.27. The first-order valence-electron chi connectivity index (χ1n) is 6.79. The van der Waals surface area contributed by atoms with Gasteiger partial charge in [0.05, 0.1) is 0 Å². The van der Waals surface area contributed by atoms with Gasteiger partial charge in [-0.3, -0.25) is 9.78 Å². The lowest BCUT2D eigenvalue weighted by atomic mass is 10.2. The Kier molecular flexibility index (Phi) is 5.73. The summed E-state index contributed by atoms with van der Waals surface area (Å²) in [5, 5.41) is 6.23. The maximum absolute atomic E-state index is 11.8. The van der Waals surface area contributed by atoms with E-state index < -0.39 is 0 Å². The fraction of sp³-hybridized carbons (Fsp3) is 0.250. The van der Waals surface area contributed by atoms with Crippen LogP contribution in [0.1, 0.15) is 22.3 Å². The largest absolute Gasteiger partial charge is 0.352 e. The number of carbonyl (C=O) groups excluding carboxylic acids is 1. The molecule has 2 N–H and O–H groups in total. The molecule has 0 radical (unpaired) electrons. The van der Waals surface area contributed by atoms with Crippen molar-refractivity contribution in [2.75, 3.05) is 13.1 Å². The van der Waals surface area contributed by atoms with Crippen molar-refractivity contribution < 1.29 is 4.79 Å². The predicted octanol–water partition coefficient (Wildman–Crippen LogP) is 1.99. The Morgan fingerprint density at radius 2 is 1.90 bits per heavy atom. The van der Waals surface area contributed by atoms with Gasteiger partial charge in [0.25, 0.3) is 5.91 Å². The van der Waals surface area contributed by atoms with E-state index in [1.807, 2.05) is 48.7 Å². The number of nitrogens with one attached hydrogen (secondary N) is 2. The molecule has 0 atom stereocenters. The minimum Gasteiger partial charge on any atom is -0.352 e. The van der Waals surface area contributed by atoms with Crippen LogP contribution in [0.4, 0.5) is 0 Å². The zero-order valence-electron chi connectivity index (χ0n) is 11.4. The second-order valence-corrected chi connectivity index (χ2v) is 4.51. The van der Waals surface area contributed by atoms with Gasteiger partial charge < -0.3 is 10.6 Å². The summed E-state index contributed by atoms with van der Waals surface area (Å²) in [5.41, 5.74) is 1.87. The molecule has 4 nitrogen and oxygen atoms in total. The Balaban J connectivity index is 1.57. The van der Waals surface area contributed by atoms with Crippen molar-refractivity contribution in [3.05, 3.63) is 66.0 Å². The molecular formula is C16H19N3O. The van der Waals surface area contributed by atoms with Gasteiger partial charge >= 0.3 is 0 Å². The number of nitrogens with zero attached hydrogens (tertiary/aromatic N) is 1. The summed E-state index contributed by atoms with van der Waals surface area (Å²) in [4.78, 5) is 15.8. The van der Waals surface area contributed by atoms with Gasteiger partial charge in [0, 0.05) is 31.0 Å². The van der Waals surface area contributed by atoms with Gasteiger partial charge in [-0.05, 0) is 36.7 Å². The number of carbonyl (C=O) groups is 1. The van der Waals surface area contributed by atoms with Crippen molar-refractivity contribution in [2.45, 2.75) is 13.0 Å². The molecule has 0 aliphatic heterocycles. The zero-order chi connectivity index (χ0) is 14.0. The van der Waals surface area contributed by atoms with Gasteiger partial charge in [-0.15, -0.1) is 0 Å². The van der Waals surface area contributed by atoms with Crippen molar-refractivity contribution in [2.24, 2.45) is 0 Å². The molecule has 0 aliphatic rings. The maximum atomic E-state index is 11.8. The SMILES string of the molecule is O=C(NCCCNCc1cccnc1)c1ccccc1. The number of aromatic nitrogens is 1. The molecule has 1 aromatic carbocycles. The first-order valence-corrected chi connectivity index (χ1v) is 6.79. The molecule has 0 unspecified atom stereocenters. The Labute approximate surface area is 119 Å². The number of rotatable bonds is 7. The summed E-state index contributed by atoms with van der Waals surface area (Å²) in [5.74, 6) is -0.0159. The van der Waals surface area contributed by atoms with Gasteiger partial charge in [0.2, 0.25) is 0 Å². The maximum Gasteiger partial charge on any atom is 0.251 e. The van der Waals surface area contributed by atoms with Crippen molar-refractivity contribution >= 4 is 5.91 Å². The number of hydrogen-bond acceptors (Lipinski definition) is 3. The Hall–Kier alpha value is -2.20. The Bertz CT molecular complexity index is 514. The predicted molar refractivity (Wildman–Crippen MR) is 79.3 cm³/mol. The summed E-state index contributed by atoms with van der Waals surface area (Å²) in [6.45, 7) is 2.35. The number of amides is 1. The van der Waals surface area contributed by atoms with E-state index in [9.17, 15) is 4.79 Å². The molecule has 2 rings (SSSR count). The van der Waals surface area contributed by atoms with Gasteiger partial charge in [0.15, 0.2) is 0 Å². The molecule has 1 heterocycles. The van der Waals surface area contributed by atoms with Gasteiger partial charge in [-0.25, -0.2) is 0 Å². The highest BCUT2D eigenvalue weighted by Crippen LogP contribution is 1.97. The van der Waals surface area contributed by atoms with Crippen LogP contribution in [0.2, 0.25) is 0 Å². The summed E-state index contributed by atoms with van der Waals surface area (Å²) in [7, 11) is 0. The van der Waals surface area contributed by atoms with E-state index in [1.54, 1.807) is 6.20 Å². The molecule has 0 fully saturated rings. The van der Waals surface area contributed by atoms with Crippen LogP contribution in [0.25, 0.3) is 0 Å². The van der Waals surface area contributed by atoms with Crippen LogP contribution in [0.3, 0.4) is 0 Å². The lowest BCUT2D eigenvalue weighted by Gasteiger charge is -2.06. The minimum absolute atomic E-state index is 0.0159. The van der Waals surface area contributed by atoms with Crippen LogP contribution >= 0.6 is 0 Å². The fourth-order valence-electron chi connectivity index (χ4n) is 1.84. The van der Waals surface area contributed by atoms with Crippen molar-refractivity contribution in [1.29, 1.82) is 0 Å². The lowest BCUT2D eigenvalue weighted by molar-refractivity contribution is 0.0953. The van der Waals surface area contributed by atoms with Crippen LogP contribution < -0.4 is 10.6 Å². The van der Waals surface area contributed by atoms with Gasteiger partial charge in [-0.1, -0.05) is 24.3 Å². The molecule has 20 heavy (non-hydrogen) atoms. The number of hydrogen-bond donors (Lipinski definition) is 2. The van der Waals surface area contributed by atoms with Crippen molar-refractivity contribution in [3.8, 4) is 0 Å². The quantitative estimate of drug-likeness (QED) is 0.756. The van der Waals surface area contributed by atoms with E-state index in [4.69, 9.17) is 0 Å². The molecule has 1 aromatic heterocycles. The third-order valence-corrected chi connectivity index (χ3v) is 2.90. The average Bonchev–Trinajstić information content (AvgIpc) is 2.52. The second-order valence-electron chi connectivity index (χ2n) is 4.51. The average molecular weight is 269 g/mol. The van der Waals surface area contributed by atoms with Crippen LogP contribution in [-0.4, -0.2) is 24.0 Å². The van der Waals surface area contributed by atoms with E-state index in [0.29, 0.717) is 12.1 Å². The van der Waals surface area contributed by atoms with Gasteiger partial charge in [0.1, 0.15) is 0 Å². The van der Waals surface area contributed by atoms with E-state index in [1.165, 1.54) is 5.56 Å². The summed E-state index contributed by atoms with van der Waals surface area (Å²) >= 11 is 0. The third kappa shape index (κ3) is 4.82. The van der Waals surface area contributed by atoms with Crippen LogP contribution in [-0.2, 0) is 6.54 Å². The number of benzene rings is 1. The number of pyridine rings is 1. The van der Waals surface area contributed by atoms with Crippen molar-refractivity contribution in [3.63, 3.8) is 0 Å². The van der Waals surface area contributed by atoms with Crippen LogP contribution in [0, 0.1) is 0 Å². The molecule has 2 aromatic rings. The smallest absolute Gasteiger partial charge is 0.251 e. The second kappa shape index (κ2) is 8.07. The molecular weight excluding hydrogens is 250 g/mol. The molecule has 0 spiro atoms. The molecule has 104 valence electrons. The summed E-state index contributed by atoms with van der Waals surface area (Å²) in [6.07, 6.45) is 4.52. The molecule has 0 bridgehead atoms. The molecule has 4 heteroatoms. The molecule has 0 aliphatic carbocycles. The Morgan fingerprint density at radius 1 is 1.05 bits per heavy atom. The molecule has 0 saturated heterocycles. The van der Waals surface area contributed by atoms with Crippen molar-refractivity contribution in [1.82, 2.24) is 15.6 Å². The highest BCUT2D eigenvalue weighted by molar-refractivity contribution is 5.94. The monoisotopic (exact) mass is 269 g/mol. The van der Waals surface area contributed by atoms with E-state index >= 15 is 0 Å². The van der Waals surface area contributed by atoms with Crippen LogP contribution in [0.15, 0.2) is 54.9 Å². The van der Waals surface area contributed by atoms with Gasteiger partial charge in [-0.2, -0.15) is 0 Å². The normalized spacial score (nSPS) is 10.2. The summed E-state index contributed by atoms with van der Waals surface area (Å²) < 4.78 is 0. The summed E-state index contributed by atoms with van der Waals surface area (Å²) in [6, 6.07) is 13.2. The molecule has 1 amide bonds. The van der Waals surface area contributed by atoms with E-state index in [-0.39, 0.29) is 5.91 Å². The minimum atomic E-state index is -0.0159. The van der Waals surface area contributed by atoms with Crippen LogP contribution in [0.5, 0.6) is 0 Å². The first-order chi connectivity index (χ1) is 9.86. The Morgan fingerprint density at radius 3 is 2.65 bits per heavy atom. The zero-order valence-corrected chi connectivity index (χ0v) is 11.4. The fourth-order valence-corrected chi connectivity index (χ4v) is 1.84. The first kappa shape index (κ1) is 14.2. The van der Waals surface area contributed by atoms with E-state index in [0.717, 1.165) is 19.5 Å².